The van der Waals surface area contributed by atoms with Crippen molar-refractivity contribution in [3.8, 4) is 0 Å². The number of piperazine rings is 1. The molecule has 1 N–H and O–H groups in total. The van der Waals surface area contributed by atoms with Gasteiger partial charge in [0.1, 0.15) is 11.7 Å². The third kappa shape index (κ3) is 4.53. The van der Waals surface area contributed by atoms with Gasteiger partial charge in [-0.3, -0.25) is 19.5 Å². The molecule has 1 aliphatic carbocycles. The number of hydrogen-bond donors (Lipinski definition) is 1. The molecule has 8 nitrogen and oxygen atoms in total. The van der Waals surface area contributed by atoms with Crippen molar-refractivity contribution in [2.75, 3.05) is 44.7 Å². The highest BCUT2D eigenvalue weighted by Crippen LogP contribution is 2.43. The number of rotatable bonds is 6. The third-order valence-electron chi connectivity index (χ3n) is 6.73. The first-order valence-electron chi connectivity index (χ1n) is 11.8. The van der Waals surface area contributed by atoms with Crippen molar-refractivity contribution < 1.29 is 9.59 Å². The fraction of sp³-hybridized carbons (Fsp3) is 0.480. The summed E-state index contributed by atoms with van der Waals surface area (Å²) in [5.41, 5.74) is 5.32. The minimum Gasteiger partial charge on any atom is -0.367 e. The van der Waals surface area contributed by atoms with Gasteiger partial charge in [0.05, 0.1) is 17.1 Å². The smallest absolute Gasteiger partial charge is 0.272 e. The van der Waals surface area contributed by atoms with Gasteiger partial charge in [-0.1, -0.05) is 6.92 Å². The normalized spacial score (nSPS) is 23.0. The lowest BCUT2D eigenvalue weighted by Gasteiger charge is -2.37. The Morgan fingerprint density at radius 3 is 2.67 bits per heavy atom. The van der Waals surface area contributed by atoms with Crippen LogP contribution in [-0.4, -0.2) is 79.4 Å². The van der Waals surface area contributed by atoms with E-state index in [1.54, 1.807) is 7.05 Å². The number of nitrogens with one attached hydrogen (secondary N) is 1. The van der Waals surface area contributed by atoms with Gasteiger partial charge >= 0.3 is 0 Å². The SMILES string of the molecule is CCC1=CC2N=CC(CN3CCN(c4ccc(C(=O)NC)nc4C4CC4)CC3)=CC2=NC1=O. The number of hydrogen-bond acceptors (Lipinski definition) is 6. The third-order valence-corrected chi connectivity index (χ3v) is 6.73. The zero-order valence-electron chi connectivity index (χ0n) is 19.3. The van der Waals surface area contributed by atoms with Crippen LogP contribution in [0.25, 0.3) is 0 Å². The summed E-state index contributed by atoms with van der Waals surface area (Å²) < 4.78 is 0. The van der Waals surface area contributed by atoms with Crippen molar-refractivity contribution in [3.63, 3.8) is 0 Å². The molecule has 2 amide bonds. The Hall–Kier alpha value is -3.13. The van der Waals surface area contributed by atoms with Gasteiger partial charge in [0.2, 0.25) is 0 Å². The van der Waals surface area contributed by atoms with Gasteiger partial charge in [-0.25, -0.2) is 9.98 Å². The van der Waals surface area contributed by atoms with E-state index in [4.69, 9.17) is 4.98 Å². The van der Waals surface area contributed by atoms with Gasteiger partial charge in [-0.2, -0.15) is 0 Å². The van der Waals surface area contributed by atoms with Crippen molar-refractivity contribution in [3.05, 3.63) is 46.8 Å². The maximum absolute atomic E-state index is 12.1. The molecule has 2 fully saturated rings. The minimum absolute atomic E-state index is 0.121. The second-order valence-electron chi connectivity index (χ2n) is 9.05. The Balaban J connectivity index is 1.22. The van der Waals surface area contributed by atoms with Crippen molar-refractivity contribution in [1.29, 1.82) is 0 Å². The molecule has 8 heteroatoms. The predicted octanol–water partition coefficient (Wildman–Crippen LogP) is 2.14. The molecule has 1 saturated heterocycles. The summed E-state index contributed by atoms with van der Waals surface area (Å²) in [6, 6.07) is 3.77. The van der Waals surface area contributed by atoms with E-state index < -0.39 is 0 Å². The van der Waals surface area contributed by atoms with Gasteiger partial charge in [-0.05, 0) is 49.1 Å². The summed E-state index contributed by atoms with van der Waals surface area (Å²) in [4.78, 5) is 42.6. The highest BCUT2D eigenvalue weighted by Gasteiger charge is 2.31. The van der Waals surface area contributed by atoms with E-state index in [0.717, 1.165) is 68.1 Å². The summed E-state index contributed by atoms with van der Waals surface area (Å²) in [5, 5.41) is 2.67. The molecule has 0 aromatic carbocycles. The number of anilines is 1. The van der Waals surface area contributed by atoms with Crippen molar-refractivity contribution in [1.82, 2.24) is 15.2 Å². The Bertz CT molecular complexity index is 1090. The molecular formula is C25H30N6O2. The van der Waals surface area contributed by atoms with Gasteiger partial charge < -0.3 is 10.2 Å². The minimum atomic E-state index is -0.136. The number of pyridine rings is 1. The van der Waals surface area contributed by atoms with E-state index in [9.17, 15) is 9.59 Å². The number of aliphatic imine (C=N–C) groups is 2. The first-order chi connectivity index (χ1) is 16.1. The summed E-state index contributed by atoms with van der Waals surface area (Å²) in [5.74, 6) is 0.205. The average Bonchev–Trinajstić information content (AvgIpc) is 3.69. The fourth-order valence-electron chi connectivity index (χ4n) is 4.65. The lowest BCUT2D eigenvalue weighted by Crippen LogP contribution is -2.47. The van der Waals surface area contributed by atoms with Crippen molar-refractivity contribution in [2.45, 2.75) is 38.1 Å². The molecular weight excluding hydrogens is 416 g/mol. The predicted molar refractivity (Wildman–Crippen MR) is 129 cm³/mol. The Kier molecular flexibility index (Phi) is 5.93. The summed E-state index contributed by atoms with van der Waals surface area (Å²) >= 11 is 0. The van der Waals surface area contributed by atoms with Crippen LogP contribution in [0.15, 0.2) is 45.4 Å². The molecule has 1 unspecified atom stereocenters. The second-order valence-corrected chi connectivity index (χ2v) is 9.05. The van der Waals surface area contributed by atoms with Crippen LogP contribution in [0.4, 0.5) is 5.69 Å². The highest BCUT2D eigenvalue weighted by molar-refractivity contribution is 6.16. The van der Waals surface area contributed by atoms with Crippen LogP contribution in [-0.2, 0) is 4.79 Å². The molecule has 0 spiro atoms. The zero-order valence-corrected chi connectivity index (χ0v) is 19.3. The van der Waals surface area contributed by atoms with E-state index in [1.807, 2.05) is 31.4 Å². The molecule has 1 atom stereocenters. The van der Waals surface area contributed by atoms with E-state index in [-0.39, 0.29) is 17.9 Å². The number of carbonyl (C=O) groups excluding carboxylic acids is 2. The van der Waals surface area contributed by atoms with Crippen molar-refractivity contribution in [2.24, 2.45) is 9.98 Å². The van der Waals surface area contributed by atoms with Crippen LogP contribution in [0.2, 0.25) is 0 Å². The standard InChI is InChI=1S/C25H30N6O2/c1-3-17-13-20-21(29-24(17)32)12-16(14-27-20)15-30-8-10-31(11-9-30)22-7-6-19(25(33)26-2)28-23(22)18-4-5-18/h6-7,12-14,18,20H,3-5,8-11,15H2,1-2H3,(H,26,33). The largest absolute Gasteiger partial charge is 0.367 e. The maximum atomic E-state index is 12.1. The Morgan fingerprint density at radius 1 is 1.18 bits per heavy atom. The number of nitrogens with zero attached hydrogens (tertiary/aromatic N) is 5. The van der Waals surface area contributed by atoms with Gasteiger partial charge in [0, 0.05) is 57.5 Å². The molecule has 5 rings (SSSR count). The molecule has 1 aromatic rings. The van der Waals surface area contributed by atoms with E-state index in [0.29, 0.717) is 18.0 Å². The Morgan fingerprint density at radius 2 is 1.97 bits per heavy atom. The van der Waals surface area contributed by atoms with Crippen LogP contribution in [0.1, 0.15) is 48.3 Å². The fourth-order valence-corrected chi connectivity index (χ4v) is 4.65. The van der Waals surface area contributed by atoms with Crippen LogP contribution in [0.3, 0.4) is 0 Å². The number of amides is 2. The molecule has 0 radical (unpaired) electrons. The van der Waals surface area contributed by atoms with Gasteiger partial charge in [0.15, 0.2) is 0 Å². The zero-order chi connectivity index (χ0) is 22.9. The molecule has 1 saturated carbocycles. The second kappa shape index (κ2) is 9.02. The molecule has 33 heavy (non-hydrogen) atoms. The summed E-state index contributed by atoms with van der Waals surface area (Å²) in [6.45, 7) is 6.45. The molecule has 3 aliphatic heterocycles. The lowest BCUT2D eigenvalue weighted by atomic mass is 9.98. The monoisotopic (exact) mass is 446 g/mol. The number of aromatic nitrogens is 1. The lowest BCUT2D eigenvalue weighted by molar-refractivity contribution is -0.114. The van der Waals surface area contributed by atoms with E-state index in [2.05, 4.69) is 31.2 Å². The number of carbonyl (C=O) groups is 2. The van der Waals surface area contributed by atoms with Crippen LogP contribution in [0, 0.1) is 0 Å². The van der Waals surface area contributed by atoms with Crippen LogP contribution in [0.5, 0.6) is 0 Å². The van der Waals surface area contributed by atoms with Gasteiger partial charge in [-0.15, -0.1) is 0 Å². The molecule has 4 heterocycles. The first kappa shape index (κ1) is 21.7. The topological polar surface area (TPSA) is 90.3 Å². The molecule has 172 valence electrons. The number of fused-ring (bicyclic) bond motifs is 1. The first-order valence-corrected chi connectivity index (χ1v) is 11.8. The average molecular weight is 447 g/mol. The van der Waals surface area contributed by atoms with Gasteiger partial charge in [0.25, 0.3) is 11.8 Å². The highest BCUT2D eigenvalue weighted by atomic mass is 16.2. The molecule has 0 bridgehead atoms. The maximum Gasteiger partial charge on any atom is 0.272 e. The van der Waals surface area contributed by atoms with E-state index in [1.165, 1.54) is 5.69 Å². The summed E-state index contributed by atoms with van der Waals surface area (Å²) in [7, 11) is 1.64. The molecule has 1 aromatic heterocycles. The summed E-state index contributed by atoms with van der Waals surface area (Å²) in [6.07, 6.45) is 8.88. The van der Waals surface area contributed by atoms with Crippen molar-refractivity contribution >= 4 is 29.4 Å². The van der Waals surface area contributed by atoms with E-state index >= 15 is 0 Å². The Labute approximate surface area is 194 Å². The van der Waals surface area contributed by atoms with Crippen LogP contribution < -0.4 is 10.2 Å². The number of dihydropyridines is 2. The quantitative estimate of drug-likeness (QED) is 0.723. The van der Waals surface area contributed by atoms with Crippen LogP contribution >= 0.6 is 0 Å². The molecule has 4 aliphatic rings.